The number of rotatable bonds is 7. The highest BCUT2D eigenvalue weighted by Crippen LogP contribution is 2.41. The number of nitrogens with zero attached hydrogens (tertiary/aromatic N) is 1. The van der Waals surface area contributed by atoms with Gasteiger partial charge >= 0.3 is 6.18 Å². The number of benzene rings is 1. The monoisotopic (exact) mass is 383 g/mol. The minimum absolute atomic E-state index is 0.0116. The molecule has 1 saturated carbocycles. The van der Waals surface area contributed by atoms with Gasteiger partial charge < -0.3 is 5.11 Å². The Morgan fingerprint density at radius 3 is 2.52 bits per heavy atom. The molecule has 1 fully saturated rings. The first-order valence-electron chi connectivity index (χ1n) is 9.27. The summed E-state index contributed by atoms with van der Waals surface area (Å²) in [7, 11) is 1.65. The summed E-state index contributed by atoms with van der Waals surface area (Å²) in [6.07, 6.45) is 1.85. The van der Waals surface area contributed by atoms with Crippen LogP contribution in [0.4, 0.5) is 13.2 Å². The number of halogens is 3. The van der Waals surface area contributed by atoms with Crippen molar-refractivity contribution < 1.29 is 23.1 Å². The SMILES string of the molecule is C=C/C(CO)=C(/C)N(C)OCc1ccc(C2CCCCC2)c(C(F)(F)F)c1. The summed E-state index contributed by atoms with van der Waals surface area (Å²) in [6.45, 7) is 5.20. The molecule has 27 heavy (non-hydrogen) atoms. The average Bonchev–Trinajstić information content (AvgIpc) is 2.66. The Hall–Kier alpha value is -1.79. The van der Waals surface area contributed by atoms with Gasteiger partial charge in [0, 0.05) is 12.7 Å². The Labute approximate surface area is 159 Å². The van der Waals surface area contributed by atoms with E-state index in [9.17, 15) is 18.3 Å². The number of hydroxylamine groups is 2. The zero-order valence-corrected chi connectivity index (χ0v) is 16.0. The van der Waals surface area contributed by atoms with Crippen molar-refractivity contribution >= 4 is 0 Å². The lowest BCUT2D eigenvalue weighted by atomic mass is 9.81. The predicted octanol–water partition coefficient (Wildman–Crippen LogP) is 5.57. The normalized spacial score (nSPS) is 16.8. The molecule has 150 valence electrons. The molecular weight excluding hydrogens is 355 g/mol. The van der Waals surface area contributed by atoms with Crippen molar-refractivity contribution in [3.63, 3.8) is 0 Å². The second kappa shape index (κ2) is 9.42. The van der Waals surface area contributed by atoms with Crippen LogP contribution in [-0.2, 0) is 17.6 Å². The van der Waals surface area contributed by atoms with E-state index in [1.165, 1.54) is 17.2 Å². The molecule has 1 aromatic rings. The lowest BCUT2D eigenvalue weighted by Crippen LogP contribution is -2.19. The quantitative estimate of drug-likeness (QED) is 0.494. The lowest BCUT2D eigenvalue weighted by molar-refractivity contribution is -0.139. The van der Waals surface area contributed by atoms with E-state index >= 15 is 0 Å². The first-order chi connectivity index (χ1) is 12.8. The molecule has 2 rings (SSSR count). The Balaban J connectivity index is 2.18. The lowest BCUT2D eigenvalue weighted by Gasteiger charge is -2.26. The van der Waals surface area contributed by atoms with E-state index < -0.39 is 11.7 Å². The van der Waals surface area contributed by atoms with Gasteiger partial charge in [0.25, 0.3) is 0 Å². The van der Waals surface area contributed by atoms with Gasteiger partial charge in [-0.2, -0.15) is 13.2 Å². The number of aliphatic hydroxyl groups is 1. The van der Waals surface area contributed by atoms with Gasteiger partial charge in [-0.05, 0) is 48.4 Å². The maximum absolute atomic E-state index is 13.6. The fourth-order valence-corrected chi connectivity index (χ4v) is 3.51. The van der Waals surface area contributed by atoms with Crippen LogP contribution in [0, 0.1) is 0 Å². The van der Waals surface area contributed by atoms with Gasteiger partial charge in [-0.15, -0.1) is 0 Å². The summed E-state index contributed by atoms with van der Waals surface area (Å²) in [5.74, 6) is -0.0158. The van der Waals surface area contributed by atoms with E-state index in [4.69, 9.17) is 4.84 Å². The van der Waals surface area contributed by atoms with Gasteiger partial charge in [-0.3, -0.25) is 9.90 Å². The van der Waals surface area contributed by atoms with Crippen molar-refractivity contribution in [2.45, 2.75) is 57.7 Å². The molecule has 1 N–H and O–H groups in total. The predicted molar refractivity (Wildman–Crippen MR) is 99.8 cm³/mol. The molecular formula is C21H28F3NO2. The van der Waals surface area contributed by atoms with Crippen LogP contribution < -0.4 is 0 Å². The third kappa shape index (κ3) is 5.59. The zero-order valence-electron chi connectivity index (χ0n) is 16.0. The summed E-state index contributed by atoms with van der Waals surface area (Å²) in [4.78, 5) is 5.58. The molecule has 1 aliphatic carbocycles. The number of allylic oxidation sites excluding steroid dienone is 1. The molecule has 3 nitrogen and oxygen atoms in total. The summed E-state index contributed by atoms with van der Waals surface area (Å²) < 4.78 is 40.8. The van der Waals surface area contributed by atoms with Crippen LogP contribution in [0.5, 0.6) is 0 Å². The molecule has 0 radical (unpaired) electrons. The largest absolute Gasteiger partial charge is 0.416 e. The van der Waals surface area contributed by atoms with Gasteiger partial charge in [0.1, 0.15) is 0 Å². The molecule has 0 bridgehead atoms. The Morgan fingerprint density at radius 1 is 1.30 bits per heavy atom. The molecule has 0 saturated heterocycles. The minimum Gasteiger partial charge on any atom is -0.392 e. The summed E-state index contributed by atoms with van der Waals surface area (Å²) in [6, 6.07) is 4.53. The van der Waals surface area contributed by atoms with Crippen LogP contribution >= 0.6 is 0 Å². The Morgan fingerprint density at radius 2 is 1.96 bits per heavy atom. The minimum atomic E-state index is -4.38. The standard InChI is InChI=1S/C21H28F3NO2/c1-4-17(13-26)15(2)25(3)27-14-16-10-11-19(18-8-6-5-7-9-18)20(12-16)21(22,23)24/h4,10-12,18,26H,1,5-9,13-14H2,2-3H3/b17-15+. The third-order valence-electron chi connectivity index (χ3n) is 5.25. The number of alkyl halides is 3. The van der Waals surface area contributed by atoms with E-state index in [1.807, 2.05) is 0 Å². The number of hydrogen-bond donors (Lipinski definition) is 1. The van der Waals surface area contributed by atoms with Crippen LogP contribution in [-0.4, -0.2) is 23.8 Å². The van der Waals surface area contributed by atoms with E-state index in [2.05, 4.69) is 6.58 Å². The first-order valence-corrected chi connectivity index (χ1v) is 9.27. The van der Waals surface area contributed by atoms with E-state index in [0.29, 0.717) is 22.4 Å². The first kappa shape index (κ1) is 21.5. The fraction of sp³-hybridized carbons (Fsp3) is 0.524. The molecule has 0 atom stereocenters. The number of aliphatic hydroxyl groups excluding tert-OH is 1. The van der Waals surface area contributed by atoms with Gasteiger partial charge in [-0.1, -0.05) is 44.1 Å². The van der Waals surface area contributed by atoms with Crippen molar-refractivity contribution in [1.29, 1.82) is 0 Å². The van der Waals surface area contributed by atoms with Crippen molar-refractivity contribution in [2.75, 3.05) is 13.7 Å². The molecule has 6 heteroatoms. The van der Waals surface area contributed by atoms with Crippen LogP contribution in [0.25, 0.3) is 0 Å². The van der Waals surface area contributed by atoms with E-state index in [1.54, 1.807) is 26.1 Å². The maximum atomic E-state index is 13.6. The smallest absolute Gasteiger partial charge is 0.392 e. The summed E-state index contributed by atoms with van der Waals surface area (Å²) >= 11 is 0. The average molecular weight is 383 g/mol. The van der Waals surface area contributed by atoms with Crippen molar-refractivity contribution in [1.82, 2.24) is 5.06 Å². The van der Waals surface area contributed by atoms with Crippen molar-refractivity contribution in [3.8, 4) is 0 Å². The van der Waals surface area contributed by atoms with Gasteiger partial charge in [0.2, 0.25) is 0 Å². The number of hydrogen-bond acceptors (Lipinski definition) is 3. The van der Waals surface area contributed by atoms with Crippen LogP contribution in [0.3, 0.4) is 0 Å². The van der Waals surface area contributed by atoms with Crippen molar-refractivity contribution in [2.24, 2.45) is 0 Å². The highest BCUT2D eigenvalue weighted by Gasteiger charge is 2.35. The van der Waals surface area contributed by atoms with Gasteiger partial charge in [-0.25, -0.2) is 0 Å². The van der Waals surface area contributed by atoms with Crippen LogP contribution in [0.1, 0.15) is 61.6 Å². The second-order valence-corrected chi connectivity index (χ2v) is 7.00. The fourth-order valence-electron chi connectivity index (χ4n) is 3.51. The molecule has 0 aromatic heterocycles. The van der Waals surface area contributed by atoms with Crippen LogP contribution in [0.15, 0.2) is 42.1 Å². The zero-order chi connectivity index (χ0) is 20.0. The van der Waals surface area contributed by atoms with Gasteiger partial charge in [0.05, 0.1) is 18.8 Å². The molecule has 0 spiro atoms. The topological polar surface area (TPSA) is 32.7 Å². The van der Waals surface area contributed by atoms with Gasteiger partial charge in [0.15, 0.2) is 0 Å². The highest BCUT2D eigenvalue weighted by atomic mass is 19.4. The third-order valence-corrected chi connectivity index (χ3v) is 5.25. The van der Waals surface area contributed by atoms with E-state index in [-0.39, 0.29) is 19.1 Å². The Bertz CT molecular complexity index is 676. The van der Waals surface area contributed by atoms with Crippen molar-refractivity contribution in [3.05, 3.63) is 58.8 Å². The molecule has 0 amide bonds. The Kier molecular flexibility index (Phi) is 7.50. The second-order valence-electron chi connectivity index (χ2n) is 7.00. The maximum Gasteiger partial charge on any atom is 0.416 e. The molecule has 0 unspecified atom stereocenters. The molecule has 1 aliphatic rings. The molecule has 1 aromatic carbocycles. The molecule has 0 aliphatic heterocycles. The highest BCUT2D eigenvalue weighted by molar-refractivity contribution is 5.37. The summed E-state index contributed by atoms with van der Waals surface area (Å²) in [5, 5.41) is 10.7. The van der Waals surface area contributed by atoms with E-state index in [0.717, 1.165) is 32.1 Å². The van der Waals surface area contributed by atoms with Crippen LogP contribution in [0.2, 0.25) is 0 Å². The summed E-state index contributed by atoms with van der Waals surface area (Å²) in [5.41, 5.74) is 1.58. The molecule has 0 heterocycles.